The van der Waals surface area contributed by atoms with Crippen molar-refractivity contribution in [2.45, 2.75) is 77.7 Å². The summed E-state index contributed by atoms with van der Waals surface area (Å²) >= 11 is 0. The zero-order valence-corrected chi connectivity index (χ0v) is 12.2. The van der Waals surface area contributed by atoms with E-state index >= 15 is 0 Å². The van der Waals surface area contributed by atoms with Gasteiger partial charge in [0.2, 0.25) is 0 Å². The van der Waals surface area contributed by atoms with E-state index in [4.69, 9.17) is 0 Å². The average molecular weight is 250 g/mol. The second-order valence-corrected chi connectivity index (χ2v) is 6.84. The first-order valence-corrected chi connectivity index (χ1v) is 8.00. The third kappa shape index (κ3) is 4.12. The van der Waals surface area contributed by atoms with Crippen LogP contribution in [-0.4, -0.2) is 11.2 Å². The van der Waals surface area contributed by atoms with Crippen LogP contribution in [0.2, 0.25) is 0 Å². The monoisotopic (exact) mass is 250 g/mol. The second kappa shape index (κ2) is 6.75. The fourth-order valence-corrected chi connectivity index (χ4v) is 4.01. The van der Waals surface area contributed by atoms with Crippen LogP contribution in [0.15, 0.2) is 11.6 Å². The molecular formula is C17H30O. The van der Waals surface area contributed by atoms with Gasteiger partial charge in [-0.25, -0.2) is 0 Å². The first-order valence-electron chi connectivity index (χ1n) is 8.00. The van der Waals surface area contributed by atoms with Gasteiger partial charge in [-0.3, -0.25) is 0 Å². The van der Waals surface area contributed by atoms with Gasteiger partial charge in [0.1, 0.15) is 0 Å². The molecule has 0 aliphatic heterocycles. The molecule has 18 heavy (non-hydrogen) atoms. The topological polar surface area (TPSA) is 20.2 Å². The molecule has 1 fully saturated rings. The Morgan fingerprint density at radius 2 is 2.00 bits per heavy atom. The Morgan fingerprint density at radius 3 is 2.67 bits per heavy atom. The minimum Gasteiger partial charge on any atom is -0.393 e. The Kier molecular flexibility index (Phi) is 5.29. The molecule has 0 bridgehead atoms. The molecule has 1 saturated carbocycles. The van der Waals surface area contributed by atoms with Crippen LogP contribution in [0.25, 0.3) is 0 Å². The van der Waals surface area contributed by atoms with E-state index < -0.39 is 0 Å². The molecule has 0 aromatic carbocycles. The second-order valence-electron chi connectivity index (χ2n) is 6.84. The molecule has 3 unspecified atom stereocenters. The highest BCUT2D eigenvalue weighted by atomic mass is 16.3. The largest absolute Gasteiger partial charge is 0.393 e. The lowest BCUT2D eigenvalue weighted by molar-refractivity contribution is 0.0763. The van der Waals surface area contributed by atoms with Crippen LogP contribution in [0.3, 0.4) is 0 Å². The summed E-state index contributed by atoms with van der Waals surface area (Å²) in [6.07, 6.45) is 14.0. The number of allylic oxidation sites excluding steroid dienone is 2. The van der Waals surface area contributed by atoms with Gasteiger partial charge in [0.25, 0.3) is 0 Å². The lowest BCUT2D eigenvalue weighted by atomic mass is 9.78. The van der Waals surface area contributed by atoms with E-state index in [0.29, 0.717) is 11.8 Å². The van der Waals surface area contributed by atoms with Crippen LogP contribution in [0.5, 0.6) is 0 Å². The maximum Gasteiger partial charge on any atom is 0.0571 e. The molecule has 0 aromatic heterocycles. The van der Waals surface area contributed by atoms with Crippen molar-refractivity contribution in [3.8, 4) is 0 Å². The molecule has 1 nitrogen and oxygen atoms in total. The van der Waals surface area contributed by atoms with Gasteiger partial charge in [0.05, 0.1) is 6.10 Å². The fraction of sp³-hybridized carbons (Fsp3) is 0.882. The molecule has 0 radical (unpaired) electrons. The minimum absolute atomic E-state index is 0.0574. The lowest BCUT2D eigenvalue weighted by Crippen LogP contribution is -2.26. The summed E-state index contributed by atoms with van der Waals surface area (Å²) in [6, 6.07) is 0. The summed E-state index contributed by atoms with van der Waals surface area (Å²) in [5.41, 5.74) is 1.48. The Hall–Kier alpha value is -0.300. The third-order valence-corrected chi connectivity index (χ3v) is 4.97. The van der Waals surface area contributed by atoms with Crippen LogP contribution >= 0.6 is 0 Å². The molecule has 0 aromatic rings. The molecule has 1 N–H and O–H groups in total. The molecule has 0 amide bonds. The first kappa shape index (κ1) is 14.1. The van der Waals surface area contributed by atoms with Crippen LogP contribution in [0.4, 0.5) is 0 Å². The molecule has 3 atom stereocenters. The number of hydrogen-bond acceptors (Lipinski definition) is 1. The van der Waals surface area contributed by atoms with E-state index in [1.54, 1.807) is 0 Å². The van der Waals surface area contributed by atoms with Crippen molar-refractivity contribution in [3.63, 3.8) is 0 Å². The van der Waals surface area contributed by atoms with Crippen molar-refractivity contribution in [3.05, 3.63) is 11.6 Å². The Morgan fingerprint density at radius 1 is 1.28 bits per heavy atom. The molecule has 2 rings (SSSR count). The van der Waals surface area contributed by atoms with Crippen molar-refractivity contribution >= 4 is 0 Å². The summed E-state index contributed by atoms with van der Waals surface area (Å²) in [5, 5.41) is 10.4. The Balaban J connectivity index is 1.74. The van der Waals surface area contributed by atoms with E-state index in [0.717, 1.165) is 18.8 Å². The average Bonchev–Trinajstić information content (AvgIpc) is 2.36. The first-order chi connectivity index (χ1) is 8.65. The van der Waals surface area contributed by atoms with E-state index in [9.17, 15) is 5.11 Å². The van der Waals surface area contributed by atoms with Crippen LogP contribution in [0.1, 0.15) is 71.6 Å². The molecule has 104 valence electrons. The van der Waals surface area contributed by atoms with Crippen LogP contribution < -0.4 is 0 Å². The predicted molar refractivity (Wildman–Crippen MR) is 77.5 cm³/mol. The number of aliphatic hydroxyl groups is 1. The molecular weight excluding hydrogens is 220 g/mol. The van der Waals surface area contributed by atoms with Gasteiger partial charge < -0.3 is 5.11 Å². The lowest BCUT2D eigenvalue weighted by Gasteiger charge is -2.30. The van der Waals surface area contributed by atoms with Gasteiger partial charge in [0, 0.05) is 0 Å². The SMILES string of the molecule is CC1=CC(C)CC(C(O)CCC2CCCCC2)C1. The van der Waals surface area contributed by atoms with Crippen LogP contribution in [-0.2, 0) is 0 Å². The quantitative estimate of drug-likeness (QED) is 0.717. The normalized spacial score (nSPS) is 32.1. The zero-order chi connectivity index (χ0) is 13.0. The van der Waals surface area contributed by atoms with Crippen molar-refractivity contribution in [2.24, 2.45) is 17.8 Å². The number of aliphatic hydroxyl groups excluding tert-OH is 1. The van der Waals surface area contributed by atoms with E-state index in [1.165, 1.54) is 50.5 Å². The highest BCUT2D eigenvalue weighted by molar-refractivity contribution is 5.07. The summed E-state index contributed by atoms with van der Waals surface area (Å²) in [6.45, 7) is 4.50. The maximum atomic E-state index is 10.4. The molecule has 0 saturated heterocycles. The molecule has 1 heteroatoms. The van der Waals surface area contributed by atoms with Gasteiger partial charge in [-0.2, -0.15) is 0 Å². The van der Waals surface area contributed by atoms with E-state index in [1.807, 2.05) is 0 Å². The molecule has 0 heterocycles. The maximum absolute atomic E-state index is 10.4. The number of rotatable bonds is 4. The summed E-state index contributed by atoms with van der Waals surface area (Å²) < 4.78 is 0. The van der Waals surface area contributed by atoms with Gasteiger partial charge in [-0.1, -0.05) is 50.7 Å². The number of hydrogen-bond donors (Lipinski definition) is 1. The van der Waals surface area contributed by atoms with Gasteiger partial charge in [-0.05, 0) is 50.4 Å². The third-order valence-electron chi connectivity index (χ3n) is 4.97. The smallest absolute Gasteiger partial charge is 0.0571 e. The van der Waals surface area contributed by atoms with E-state index in [2.05, 4.69) is 19.9 Å². The van der Waals surface area contributed by atoms with Crippen molar-refractivity contribution < 1.29 is 5.11 Å². The summed E-state index contributed by atoms with van der Waals surface area (Å²) in [4.78, 5) is 0. The minimum atomic E-state index is -0.0574. The van der Waals surface area contributed by atoms with Gasteiger partial charge in [-0.15, -0.1) is 0 Å². The van der Waals surface area contributed by atoms with Crippen molar-refractivity contribution in [2.75, 3.05) is 0 Å². The molecule has 0 spiro atoms. The fourth-order valence-electron chi connectivity index (χ4n) is 4.01. The Labute approximate surface area is 113 Å². The highest BCUT2D eigenvalue weighted by Gasteiger charge is 2.25. The summed E-state index contributed by atoms with van der Waals surface area (Å²) in [7, 11) is 0. The van der Waals surface area contributed by atoms with Crippen LogP contribution in [0, 0.1) is 17.8 Å². The van der Waals surface area contributed by atoms with Gasteiger partial charge in [0.15, 0.2) is 0 Å². The zero-order valence-electron chi connectivity index (χ0n) is 12.2. The van der Waals surface area contributed by atoms with Crippen molar-refractivity contribution in [1.29, 1.82) is 0 Å². The highest BCUT2D eigenvalue weighted by Crippen LogP contribution is 2.33. The summed E-state index contributed by atoms with van der Waals surface area (Å²) in [5.74, 6) is 2.09. The predicted octanol–water partition coefficient (Wildman–Crippen LogP) is 4.70. The van der Waals surface area contributed by atoms with Gasteiger partial charge >= 0.3 is 0 Å². The molecule has 2 aliphatic rings. The Bertz CT molecular complexity index is 275. The molecule has 2 aliphatic carbocycles. The van der Waals surface area contributed by atoms with Crippen molar-refractivity contribution in [1.82, 2.24) is 0 Å². The van der Waals surface area contributed by atoms with E-state index in [-0.39, 0.29) is 6.10 Å². The standard InChI is InChI=1S/C17H30O/c1-13-10-14(2)12-16(11-13)17(18)9-8-15-6-4-3-5-7-15/h10,13,15-18H,3-9,11-12H2,1-2H3.